The van der Waals surface area contributed by atoms with Gasteiger partial charge in [-0.05, 0) is 50.8 Å². The van der Waals surface area contributed by atoms with E-state index in [1.165, 1.54) is 50.5 Å². The number of rotatable bonds is 2. The summed E-state index contributed by atoms with van der Waals surface area (Å²) < 4.78 is 28.8. The van der Waals surface area contributed by atoms with Crippen molar-refractivity contribution < 1.29 is 8.42 Å². The summed E-state index contributed by atoms with van der Waals surface area (Å²) >= 11 is 0. The molecule has 0 saturated carbocycles. The van der Waals surface area contributed by atoms with Crippen LogP contribution in [0, 0.1) is 6.92 Å². The largest absolute Gasteiger partial charge is 0.243 e. The van der Waals surface area contributed by atoms with Crippen molar-refractivity contribution in [3.8, 4) is 0 Å². The summed E-state index contributed by atoms with van der Waals surface area (Å²) in [6.45, 7) is 4.54. The van der Waals surface area contributed by atoms with Crippen molar-refractivity contribution >= 4 is 10.0 Å². The number of allylic oxidation sites excluding steroid dienone is 1. The van der Waals surface area contributed by atoms with E-state index in [1.807, 2.05) is 19.1 Å². The van der Waals surface area contributed by atoms with Crippen molar-refractivity contribution in [2.75, 3.05) is 6.54 Å². The van der Waals surface area contributed by atoms with Crippen molar-refractivity contribution in [3.05, 3.63) is 53.1 Å². The van der Waals surface area contributed by atoms with Crippen LogP contribution in [0.1, 0.15) is 76.7 Å². The maximum atomic E-state index is 13.5. The third kappa shape index (κ3) is 5.36. The lowest BCUT2D eigenvalue weighted by Gasteiger charge is -2.36. The van der Waals surface area contributed by atoms with Crippen molar-refractivity contribution in [3.63, 3.8) is 0 Å². The van der Waals surface area contributed by atoms with Crippen molar-refractivity contribution in [2.24, 2.45) is 0 Å². The Bertz CT molecular complexity index is 806. The first-order valence-electron chi connectivity index (χ1n) is 10.9. The van der Waals surface area contributed by atoms with Crippen molar-refractivity contribution in [1.29, 1.82) is 0 Å². The minimum absolute atomic E-state index is 0.0317. The smallest absolute Gasteiger partial charge is 0.207 e. The zero-order valence-electron chi connectivity index (χ0n) is 17.5. The highest BCUT2D eigenvalue weighted by atomic mass is 32.2. The van der Waals surface area contributed by atoms with Crippen LogP contribution in [-0.2, 0) is 10.0 Å². The average Bonchev–Trinajstić information content (AvgIpc) is 2.69. The van der Waals surface area contributed by atoms with Gasteiger partial charge in [-0.25, -0.2) is 8.42 Å². The first-order chi connectivity index (χ1) is 13.5. The molecule has 1 aromatic rings. The highest BCUT2D eigenvalue weighted by Crippen LogP contribution is 2.32. The Morgan fingerprint density at radius 2 is 1.46 bits per heavy atom. The summed E-state index contributed by atoms with van der Waals surface area (Å²) in [4.78, 5) is 0.412. The molecule has 1 aromatic carbocycles. The molecule has 1 unspecified atom stereocenters. The molecular formula is C24H35NO2S. The SMILES string of the molecule is CC1=C/C2=C\CCCCCCCCCCC2N(S(=O)(=O)c2ccc(C)cc2)C1. The Kier molecular flexibility index (Phi) is 7.53. The van der Waals surface area contributed by atoms with E-state index in [4.69, 9.17) is 0 Å². The van der Waals surface area contributed by atoms with E-state index in [0.29, 0.717) is 11.4 Å². The number of aryl methyl sites for hydroxylation is 1. The van der Waals surface area contributed by atoms with Crippen LogP contribution in [0.25, 0.3) is 0 Å². The van der Waals surface area contributed by atoms with Gasteiger partial charge < -0.3 is 0 Å². The molecule has 1 aliphatic carbocycles. The van der Waals surface area contributed by atoms with Crippen LogP contribution in [-0.4, -0.2) is 25.3 Å². The number of sulfonamides is 1. The number of nitrogens with zero attached hydrogens (tertiary/aromatic N) is 1. The summed E-state index contributed by atoms with van der Waals surface area (Å²) in [5.74, 6) is 0. The molecule has 0 amide bonds. The Labute approximate surface area is 171 Å². The van der Waals surface area contributed by atoms with Gasteiger partial charge in [-0.1, -0.05) is 80.4 Å². The van der Waals surface area contributed by atoms with Crippen LogP contribution in [0.15, 0.2) is 52.5 Å². The molecule has 3 nitrogen and oxygen atoms in total. The molecule has 0 saturated heterocycles. The fourth-order valence-corrected chi connectivity index (χ4v) is 6.05. The quantitative estimate of drug-likeness (QED) is 0.595. The number of benzene rings is 1. The lowest BCUT2D eigenvalue weighted by atomic mass is 9.94. The Hall–Kier alpha value is -1.39. The van der Waals surface area contributed by atoms with E-state index in [-0.39, 0.29) is 6.04 Å². The van der Waals surface area contributed by atoms with Crippen LogP contribution < -0.4 is 0 Å². The third-order valence-electron chi connectivity index (χ3n) is 5.99. The second-order valence-corrected chi connectivity index (χ2v) is 10.4. The third-order valence-corrected chi connectivity index (χ3v) is 7.86. The van der Waals surface area contributed by atoms with E-state index in [9.17, 15) is 8.42 Å². The number of hydrogen-bond acceptors (Lipinski definition) is 2. The van der Waals surface area contributed by atoms with Gasteiger partial charge in [0.05, 0.1) is 10.9 Å². The summed E-state index contributed by atoms with van der Waals surface area (Å²) in [5.41, 5.74) is 3.41. The van der Waals surface area contributed by atoms with Gasteiger partial charge in [-0.2, -0.15) is 4.31 Å². The Morgan fingerprint density at radius 1 is 0.857 bits per heavy atom. The van der Waals surface area contributed by atoms with Gasteiger partial charge in [-0.3, -0.25) is 0 Å². The van der Waals surface area contributed by atoms with E-state index in [2.05, 4.69) is 19.1 Å². The second kappa shape index (κ2) is 9.89. The van der Waals surface area contributed by atoms with E-state index in [0.717, 1.165) is 30.4 Å². The maximum absolute atomic E-state index is 13.5. The average molecular weight is 402 g/mol. The predicted molar refractivity (Wildman–Crippen MR) is 117 cm³/mol. The zero-order chi connectivity index (χ0) is 20.0. The van der Waals surface area contributed by atoms with Crippen LogP contribution in [0.3, 0.4) is 0 Å². The molecule has 0 aromatic heterocycles. The van der Waals surface area contributed by atoms with Gasteiger partial charge >= 0.3 is 0 Å². The molecule has 0 N–H and O–H groups in total. The topological polar surface area (TPSA) is 37.4 Å². The van der Waals surface area contributed by atoms with Crippen LogP contribution >= 0.6 is 0 Å². The fourth-order valence-electron chi connectivity index (χ4n) is 4.36. The van der Waals surface area contributed by atoms with Gasteiger partial charge in [0.1, 0.15) is 0 Å². The molecule has 2 aliphatic rings. The number of fused-ring (bicyclic) bond motifs is 1. The summed E-state index contributed by atoms with van der Waals surface area (Å²) in [6.07, 6.45) is 16.5. The molecule has 1 aliphatic heterocycles. The first-order valence-corrected chi connectivity index (χ1v) is 12.4. The van der Waals surface area contributed by atoms with Crippen LogP contribution in [0.2, 0.25) is 0 Å². The predicted octanol–water partition coefficient (Wildman–Crippen LogP) is 6.16. The van der Waals surface area contributed by atoms with E-state index < -0.39 is 10.0 Å². The Balaban J connectivity index is 1.91. The molecule has 0 bridgehead atoms. The summed E-state index contributed by atoms with van der Waals surface area (Å²) in [7, 11) is -3.50. The molecule has 28 heavy (non-hydrogen) atoms. The van der Waals surface area contributed by atoms with E-state index >= 15 is 0 Å². The number of hydrogen-bond donors (Lipinski definition) is 0. The Morgan fingerprint density at radius 3 is 2.14 bits per heavy atom. The molecule has 0 spiro atoms. The van der Waals surface area contributed by atoms with Crippen molar-refractivity contribution in [1.82, 2.24) is 4.31 Å². The summed E-state index contributed by atoms with van der Waals surface area (Å²) in [6, 6.07) is 7.25. The molecule has 1 heterocycles. The summed E-state index contributed by atoms with van der Waals surface area (Å²) in [5, 5.41) is 0. The lowest BCUT2D eigenvalue weighted by Crippen LogP contribution is -2.44. The molecule has 1 atom stereocenters. The highest BCUT2D eigenvalue weighted by Gasteiger charge is 2.35. The normalized spacial score (nSPS) is 25.3. The molecular weight excluding hydrogens is 366 g/mol. The molecule has 0 radical (unpaired) electrons. The first kappa shape index (κ1) is 21.3. The minimum Gasteiger partial charge on any atom is -0.207 e. The van der Waals surface area contributed by atoms with Crippen LogP contribution in [0.4, 0.5) is 0 Å². The fraction of sp³-hybridized carbons (Fsp3) is 0.583. The standard InChI is InChI=1S/C24H35NO2S/c1-20-14-16-23(17-15-20)28(26,27)25-19-21(2)18-22-12-10-8-6-4-3-5-7-9-11-13-24(22)25/h12,14-18,24H,3-11,13,19H2,1-2H3/b22-12+. The maximum Gasteiger partial charge on any atom is 0.243 e. The van der Waals surface area contributed by atoms with Gasteiger partial charge in [0, 0.05) is 6.54 Å². The van der Waals surface area contributed by atoms with Gasteiger partial charge in [0.2, 0.25) is 10.0 Å². The van der Waals surface area contributed by atoms with Crippen molar-refractivity contribution in [2.45, 2.75) is 89.0 Å². The molecule has 154 valence electrons. The van der Waals surface area contributed by atoms with Gasteiger partial charge in [-0.15, -0.1) is 0 Å². The molecule has 4 heteroatoms. The van der Waals surface area contributed by atoms with Crippen LogP contribution in [0.5, 0.6) is 0 Å². The van der Waals surface area contributed by atoms with Gasteiger partial charge in [0.15, 0.2) is 0 Å². The van der Waals surface area contributed by atoms with E-state index in [1.54, 1.807) is 16.4 Å². The molecule has 3 rings (SSSR count). The molecule has 0 fully saturated rings. The van der Waals surface area contributed by atoms with Gasteiger partial charge in [0.25, 0.3) is 0 Å². The monoisotopic (exact) mass is 401 g/mol. The zero-order valence-corrected chi connectivity index (χ0v) is 18.3. The highest BCUT2D eigenvalue weighted by molar-refractivity contribution is 7.89. The second-order valence-electron chi connectivity index (χ2n) is 8.48. The minimum atomic E-state index is -3.50. The lowest BCUT2D eigenvalue weighted by molar-refractivity contribution is 0.340.